The molecule has 2 aliphatic rings. The van der Waals surface area contributed by atoms with Crippen LogP contribution in [0.1, 0.15) is 36.5 Å². The number of amides is 1. The highest BCUT2D eigenvalue weighted by atomic mass is 16.5. The summed E-state index contributed by atoms with van der Waals surface area (Å²) in [4.78, 5) is 14.7. The average molecular weight is 339 g/mol. The maximum absolute atomic E-state index is 12.9. The van der Waals surface area contributed by atoms with Crippen molar-refractivity contribution in [3.05, 3.63) is 40.5 Å². The fourth-order valence-electron chi connectivity index (χ4n) is 3.62. The van der Waals surface area contributed by atoms with E-state index in [1.165, 1.54) is 11.1 Å². The van der Waals surface area contributed by atoms with E-state index in [1.54, 1.807) is 6.08 Å². The van der Waals surface area contributed by atoms with Crippen molar-refractivity contribution in [2.75, 3.05) is 26.3 Å². The summed E-state index contributed by atoms with van der Waals surface area (Å²) in [7, 11) is 0. The molecule has 0 saturated carbocycles. The van der Waals surface area contributed by atoms with Gasteiger partial charge in [0.05, 0.1) is 0 Å². The van der Waals surface area contributed by atoms with E-state index in [1.807, 2.05) is 17.9 Å². The molecule has 1 amide bonds. The molecule has 132 valence electrons. The molecule has 0 spiro atoms. The molecule has 1 fully saturated rings. The molecule has 0 bridgehead atoms. The summed E-state index contributed by atoms with van der Waals surface area (Å²) < 4.78 is 5.39. The fraction of sp³-hybridized carbons (Fsp3) is 0.500. The van der Waals surface area contributed by atoms with Gasteiger partial charge in [-0.05, 0) is 55.5 Å². The van der Waals surface area contributed by atoms with Gasteiger partial charge in [0.25, 0.3) is 5.91 Å². The number of benzene rings is 1. The number of nitrogens with one attached hydrogen (secondary N) is 1. The van der Waals surface area contributed by atoms with Crippen LogP contribution >= 0.6 is 0 Å². The largest absolute Gasteiger partial charge is 0.381 e. The molecule has 25 heavy (non-hydrogen) atoms. The van der Waals surface area contributed by atoms with E-state index in [0.717, 1.165) is 37.9 Å². The molecule has 0 aromatic heterocycles. The molecule has 1 saturated heterocycles. The van der Waals surface area contributed by atoms with Crippen LogP contribution < -0.4 is 5.32 Å². The Morgan fingerprint density at radius 3 is 2.92 bits per heavy atom. The minimum Gasteiger partial charge on any atom is -0.381 e. The Hall–Kier alpha value is -2.16. The van der Waals surface area contributed by atoms with Crippen molar-refractivity contribution in [2.24, 2.45) is 0 Å². The first-order valence-corrected chi connectivity index (χ1v) is 9.06. The predicted octanol–water partition coefficient (Wildman–Crippen LogP) is 2.27. The highest BCUT2D eigenvalue weighted by Crippen LogP contribution is 2.20. The van der Waals surface area contributed by atoms with Gasteiger partial charge in [0, 0.05) is 32.3 Å². The van der Waals surface area contributed by atoms with Crippen molar-refractivity contribution in [1.29, 1.82) is 5.26 Å². The first-order valence-electron chi connectivity index (χ1n) is 9.06. The zero-order chi connectivity index (χ0) is 17.6. The Kier molecular flexibility index (Phi) is 5.85. The van der Waals surface area contributed by atoms with Crippen molar-refractivity contribution in [2.45, 2.75) is 38.8 Å². The van der Waals surface area contributed by atoms with Crippen LogP contribution in [-0.2, 0) is 22.5 Å². The maximum atomic E-state index is 12.9. The summed E-state index contributed by atoms with van der Waals surface area (Å²) in [5.74, 6) is -0.173. The topological polar surface area (TPSA) is 65.4 Å². The van der Waals surface area contributed by atoms with Crippen LogP contribution in [0.4, 0.5) is 0 Å². The first kappa shape index (κ1) is 17.7. The van der Waals surface area contributed by atoms with Gasteiger partial charge in [-0.3, -0.25) is 4.79 Å². The molecule has 1 aromatic rings. The number of likely N-dealkylation sites (N-methyl/N-ethyl adjacent to an activating group) is 1. The van der Waals surface area contributed by atoms with Crippen LogP contribution in [0.15, 0.2) is 23.8 Å². The van der Waals surface area contributed by atoms with E-state index in [-0.39, 0.29) is 17.5 Å². The normalized spacial score (nSPS) is 18.3. The van der Waals surface area contributed by atoms with Crippen molar-refractivity contribution in [3.63, 3.8) is 0 Å². The number of nitrogens with zero attached hydrogens (tertiary/aromatic N) is 2. The number of hydrogen-bond acceptors (Lipinski definition) is 4. The third-order valence-corrected chi connectivity index (χ3v) is 5.01. The van der Waals surface area contributed by atoms with Gasteiger partial charge in [-0.2, -0.15) is 5.26 Å². The van der Waals surface area contributed by atoms with E-state index in [0.29, 0.717) is 19.8 Å². The monoisotopic (exact) mass is 339 g/mol. The second-order valence-corrected chi connectivity index (χ2v) is 6.56. The lowest BCUT2D eigenvalue weighted by Crippen LogP contribution is -2.43. The average Bonchev–Trinajstić information content (AvgIpc) is 2.67. The fourth-order valence-corrected chi connectivity index (χ4v) is 3.62. The number of carbonyl (C=O) groups is 1. The Morgan fingerprint density at radius 2 is 2.20 bits per heavy atom. The van der Waals surface area contributed by atoms with Crippen LogP contribution in [0.25, 0.3) is 6.08 Å². The van der Waals surface area contributed by atoms with Gasteiger partial charge in [0.1, 0.15) is 11.6 Å². The van der Waals surface area contributed by atoms with Gasteiger partial charge in [-0.1, -0.05) is 18.2 Å². The van der Waals surface area contributed by atoms with Gasteiger partial charge < -0.3 is 15.0 Å². The Morgan fingerprint density at radius 1 is 1.40 bits per heavy atom. The number of nitriles is 1. The first-order chi connectivity index (χ1) is 12.2. The highest BCUT2D eigenvalue weighted by molar-refractivity contribution is 6.01. The van der Waals surface area contributed by atoms with Gasteiger partial charge in [0.15, 0.2) is 0 Å². The minimum absolute atomic E-state index is 0.163. The number of carbonyl (C=O) groups excluding carboxylic acids is 1. The Labute approximate surface area is 149 Å². The zero-order valence-corrected chi connectivity index (χ0v) is 14.8. The third kappa shape index (κ3) is 4.09. The third-order valence-electron chi connectivity index (χ3n) is 5.01. The van der Waals surface area contributed by atoms with Gasteiger partial charge in [-0.15, -0.1) is 0 Å². The summed E-state index contributed by atoms with van der Waals surface area (Å²) in [6, 6.07) is 8.46. The van der Waals surface area contributed by atoms with Crippen LogP contribution in [0.2, 0.25) is 0 Å². The standard InChI is InChI=1S/C20H25N3O2/c1-2-23(19-6-9-25-10-7-19)20(24)17(13-21)11-15-3-4-16-5-8-22-14-18(16)12-15/h3-4,11-12,19,22H,2,5-10,14H2,1H3/b17-11-. The molecule has 0 radical (unpaired) electrons. The maximum Gasteiger partial charge on any atom is 0.264 e. The zero-order valence-electron chi connectivity index (χ0n) is 14.8. The van der Waals surface area contributed by atoms with E-state index < -0.39 is 0 Å². The quantitative estimate of drug-likeness (QED) is 0.675. The number of ether oxygens (including phenoxy) is 1. The van der Waals surface area contributed by atoms with E-state index in [2.05, 4.69) is 23.5 Å². The van der Waals surface area contributed by atoms with Crippen LogP contribution in [0.5, 0.6) is 0 Å². The molecule has 0 unspecified atom stereocenters. The smallest absolute Gasteiger partial charge is 0.264 e. The van der Waals surface area contributed by atoms with Gasteiger partial charge in [-0.25, -0.2) is 0 Å². The van der Waals surface area contributed by atoms with Crippen LogP contribution in [0.3, 0.4) is 0 Å². The van der Waals surface area contributed by atoms with Crippen molar-refractivity contribution in [1.82, 2.24) is 10.2 Å². The predicted molar refractivity (Wildman–Crippen MR) is 96.7 cm³/mol. The lowest BCUT2D eigenvalue weighted by atomic mass is 9.97. The summed E-state index contributed by atoms with van der Waals surface area (Å²) in [6.45, 7) is 5.77. The molecular formula is C20H25N3O2. The summed E-state index contributed by atoms with van der Waals surface area (Å²) in [6.07, 6.45) is 4.42. The van der Waals surface area contributed by atoms with Crippen molar-refractivity contribution >= 4 is 12.0 Å². The Balaban J connectivity index is 1.81. The molecule has 0 atom stereocenters. The highest BCUT2D eigenvalue weighted by Gasteiger charge is 2.26. The summed E-state index contributed by atoms with van der Waals surface area (Å²) in [5.41, 5.74) is 3.71. The second-order valence-electron chi connectivity index (χ2n) is 6.56. The lowest BCUT2D eigenvalue weighted by molar-refractivity contribution is -0.130. The molecule has 5 nitrogen and oxygen atoms in total. The van der Waals surface area contributed by atoms with Crippen LogP contribution in [0, 0.1) is 11.3 Å². The molecular weight excluding hydrogens is 314 g/mol. The van der Waals surface area contributed by atoms with E-state index in [4.69, 9.17) is 4.74 Å². The van der Waals surface area contributed by atoms with E-state index >= 15 is 0 Å². The summed E-state index contributed by atoms with van der Waals surface area (Å²) >= 11 is 0. The molecule has 1 N–H and O–H groups in total. The number of rotatable bonds is 4. The molecule has 0 aliphatic carbocycles. The number of fused-ring (bicyclic) bond motifs is 1. The molecule has 5 heteroatoms. The Bertz CT molecular complexity index is 699. The van der Waals surface area contributed by atoms with Gasteiger partial charge >= 0.3 is 0 Å². The van der Waals surface area contributed by atoms with Crippen molar-refractivity contribution < 1.29 is 9.53 Å². The molecule has 2 heterocycles. The van der Waals surface area contributed by atoms with Gasteiger partial charge in [0.2, 0.25) is 0 Å². The SMILES string of the molecule is CCN(C(=O)/C(C#N)=C\c1ccc2c(c1)CNCC2)C1CCOCC1. The minimum atomic E-state index is -0.173. The molecule has 2 aliphatic heterocycles. The molecule has 1 aromatic carbocycles. The second kappa shape index (κ2) is 8.28. The van der Waals surface area contributed by atoms with Crippen molar-refractivity contribution in [3.8, 4) is 6.07 Å². The number of hydrogen-bond donors (Lipinski definition) is 1. The summed E-state index contributed by atoms with van der Waals surface area (Å²) in [5, 5.41) is 12.9. The van der Waals surface area contributed by atoms with Crippen LogP contribution in [-0.4, -0.2) is 43.2 Å². The molecule has 3 rings (SSSR count). The lowest BCUT2D eigenvalue weighted by Gasteiger charge is -2.33. The van der Waals surface area contributed by atoms with E-state index in [9.17, 15) is 10.1 Å².